The molecule has 3 aromatic rings. The minimum absolute atomic E-state index is 0.0772. The molecule has 7 heteroatoms. The van der Waals surface area contributed by atoms with E-state index in [2.05, 4.69) is 77.5 Å². The smallest absolute Gasteiger partial charge is 0.220 e. The summed E-state index contributed by atoms with van der Waals surface area (Å²) in [5.74, 6) is 0.645. The number of piperidine rings is 1. The number of amides is 1. The molecule has 2 fully saturated rings. The number of nitrogens with zero attached hydrogens (tertiary/aromatic N) is 3. The maximum atomic E-state index is 12.5. The van der Waals surface area contributed by atoms with Crippen LogP contribution in [0.3, 0.4) is 0 Å². The highest BCUT2D eigenvalue weighted by atomic mass is 16.3. The Balaban J connectivity index is 1.52. The molecule has 1 amide bonds. The monoisotopic (exact) mass is 473 g/mol. The van der Waals surface area contributed by atoms with Crippen LogP contribution in [0.5, 0.6) is 0 Å². The molecule has 0 radical (unpaired) electrons. The molecule has 2 atom stereocenters. The van der Waals surface area contributed by atoms with E-state index in [1.807, 2.05) is 12.1 Å². The number of rotatable bonds is 6. The number of carbonyl (C=O) groups is 1. The summed E-state index contributed by atoms with van der Waals surface area (Å²) in [5.41, 5.74) is 3.93. The van der Waals surface area contributed by atoms with Crippen molar-refractivity contribution in [2.75, 3.05) is 26.7 Å². The van der Waals surface area contributed by atoms with Crippen LogP contribution in [0.1, 0.15) is 67.8 Å². The van der Waals surface area contributed by atoms with Crippen LogP contribution in [0.15, 0.2) is 48.8 Å². The standard InChI is InChI=1S/C28H35N5O2/c1-18(2)19-5-7-22(8-6-19)28(35,27(3)16-33(4)17-27)23-11-21(14-29-15-23)25-13-24(31-32-25)20-9-10-30-26(34)12-20/h5-8,11,13-15,18,20,35H,9-10,12,16-17H2,1-4H3,(H,30,34)(H,31,32)/t20-,28+/m1/s1. The number of carbonyl (C=O) groups excluding carboxylic acids is 1. The molecule has 0 unspecified atom stereocenters. The topological polar surface area (TPSA) is 94.1 Å². The number of likely N-dealkylation sites (tertiary alicyclic amines) is 1. The third-order valence-electron chi connectivity index (χ3n) is 7.84. The van der Waals surface area contributed by atoms with Crippen molar-refractivity contribution in [3.05, 3.63) is 71.2 Å². The van der Waals surface area contributed by atoms with E-state index in [-0.39, 0.29) is 17.2 Å². The molecule has 0 bridgehead atoms. The second-order valence-corrected chi connectivity index (χ2v) is 10.9. The van der Waals surface area contributed by atoms with Crippen molar-refractivity contribution in [1.82, 2.24) is 25.4 Å². The Hall–Kier alpha value is -3.03. The molecule has 35 heavy (non-hydrogen) atoms. The molecular formula is C28H35N5O2. The van der Waals surface area contributed by atoms with Crippen LogP contribution < -0.4 is 5.32 Å². The van der Waals surface area contributed by atoms with Gasteiger partial charge in [0.15, 0.2) is 0 Å². The molecule has 184 valence electrons. The third kappa shape index (κ3) is 4.17. The van der Waals surface area contributed by atoms with E-state index < -0.39 is 5.60 Å². The van der Waals surface area contributed by atoms with Gasteiger partial charge >= 0.3 is 0 Å². The Morgan fingerprint density at radius 2 is 1.89 bits per heavy atom. The van der Waals surface area contributed by atoms with Gasteiger partial charge in [-0.25, -0.2) is 0 Å². The molecule has 4 heterocycles. The number of benzene rings is 1. The van der Waals surface area contributed by atoms with E-state index in [0.717, 1.165) is 47.6 Å². The fraction of sp³-hybridized carbons (Fsp3) is 0.464. The minimum Gasteiger partial charge on any atom is -0.380 e. The molecule has 2 aliphatic heterocycles. The van der Waals surface area contributed by atoms with Crippen LogP contribution in [0.2, 0.25) is 0 Å². The van der Waals surface area contributed by atoms with Gasteiger partial charge in [0, 0.05) is 66.6 Å². The second-order valence-electron chi connectivity index (χ2n) is 10.9. The molecular weight excluding hydrogens is 438 g/mol. The average Bonchev–Trinajstić information content (AvgIpc) is 3.33. The van der Waals surface area contributed by atoms with Crippen molar-refractivity contribution in [2.24, 2.45) is 5.41 Å². The highest BCUT2D eigenvalue weighted by Crippen LogP contribution is 2.50. The molecule has 2 saturated heterocycles. The van der Waals surface area contributed by atoms with Gasteiger partial charge in [0.05, 0.1) is 5.69 Å². The average molecular weight is 474 g/mol. The van der Waals surface area contributed by atoms with Crippen LogP contribution in [0, 0.1) is 5.41 Å². The van der Waals surface area contributed by atoms with Crippen molar-refractivity contribution >= 4 is 5.91 Å². The second kappa shape index (κ2) is 8.88. The van der Waals surface area contributed by atoms with Crippen LogP contribution in [0.25, 0.3) is 11.3 Å². The van der Waals surface area contributed by atoms with E-state index in [1.54, 1.807) is 12.4 Å². The molecule has 2 aromatic heterocycles. The Morgan fingerprint density at radius 1 is 1.14 bits per heavy atom. The summed E-state index contributed by atoms with van der Waals surface area (Å²) in [7, 11) is 2.08. The molecule has 0 saturated carbocycles. The first-order valence-corrected chi connectivity index (χ1v) is 12.5. The number of hydrogen-bond acceptors (Lipinski definition) is 5. The maximum Gasteiger partial charge on any atom is 0.220 e. The lowest BCUT2D eigenvalue weighted by molar-refractivity contribution is -0.127. The largest absolute Gasteiger partial charge is 0.380 e. The van der Waals surface area contributed by atoms with Crippen LogP contribution in [-0.2, 0) is 10.4 Å². The summed E-state index contributed by atoms with van der Waals surface area (Å²) in [5, 5.41) is 23.0. The van der Waals surface area contributed by atoms with Crippen molar-refractivity contribution in [3.63, 3.8) is 0 Å². The zero-order chi connectivity index (χ0) is 24.8. The fourth-order valence-corrected chi connectivity index (χ4v) is 5.87. The van der Waals surface area contributed by atoms with Gasteiger partial charge in [0.25, 0.3) is 0 Å². The summed E-state index contributed by atoms with van der Waals surface area (Å²) < 4.78 is 0. The Bertz CT molecular complexity index is 1210. The van der Waals surface area contributed by atoms with E-state index in [0.29, 0.717) is 18.9 Å². The van der Waals surface area contributed by atoms with Crippen molar-refractivity contribution in [3.8, 4) is 11.3 Å². The lowest BCUT2D eigenvalue weighted by Gasteiger charge is -2.55. The van der Waals surface area contributed by atoms with Gasteiger partial charge in [-0.15, -0.1) is 0 Å². The zero-order valence-electron chi connectivity index (χ0n) is 21.0. The Labute approximate surface area is 207 Å². The Kier molecular flexibility index (Phi) is 6.01. The number of pyridine rings is 1. The predicted octanol–water partition coefficient (Wildman–Crippen LogP) is 3.78. The lowest BCUT2D eigenvalue weighted by atomic mass is 9.62. The van der Waals surface area contributed by atoms with Gasteiger partial charge < -0.3 is 15.3 Å². The maximum absolute atomic E-state index is 12.5. The highest BCUT2D eigenvalue weighted by Gasteiger charge is 2.55. The van der Waals surface area contributed by atoms with Gasteiger partial charge in [-0.05, 0) is 42.6 Å². The number of aliphatic hydroxyl groups is 1. The van der Waals surface area contributed by atoms with E-state index in [1.165, 1.54) is 5.56 Å². The van der Waals surface area contributed by atoms with E-state index in [4.69, 9.17) is 0 Å². The molecule has 0 spiro atoms. The molecule has 0 aliphatic carbocycles. The minimum atomic E-state index is -1.20. The normalized spacial score (nSPS) is 21.9. The van der Waals surface area contributed by atoms with Gasteiger partial charge in [0.1, 0.15) is 5.60 Å². The van der Waals surface area contributed by atoms with E-state index >= 15 is 0 Å². The first-order valence-electron chi connectivity index (χ1n) is 12.5. The van der Waals surface area contributed by atoms with Gasteiger partial charge in [-0.3, -0.25) is 14.9 Å². The summed E-state index contributed by atoms with van der Waals surface area (Å²) in [6.07, 6.45) is 4.93. The summed E-state index contributed by atoms with van der Waals surface area (Å²) in [4.78, 5) is 18.6. The van der Waals surface area contributed by atoms with E-state index in [9.17, 15) is 9.90 Å². The van der Waals surface area contributed by atoms with Crippen LogP contribution >= 0.6 is 0 Å². The summed E-state index contributed by atoms with van der Waals surface area (Å²) >= 11 is 0. The van der Waals surface area contributed by atoms with Crippen molar-refractivity contribution in [1.29, 1.82) is 0 Å². The first kappa shape index (κ1) is 23.7. The molecule has 3 N–H and O–H groups in total. The van der Waals surface area contributed by atoms with Crippen LogP contribution in [-0.4, -0.2) is 57.8 Å². The predicted molar refractivity (Wildman–Crippen MR) is 136 cm³/mol. The van der Waals surface area contributed by atoms with Crippen molar-refractivity contribution < 1.29 is 9.90 Å². The van der Waals surface area contributed by atoms with Gasteiger partial charge in [-0.1, -0.05) is 45.0 Å². The Morgan fingerprint density at radius 3 is 2.54 bits per heavy atom. The van der Waals surface area contributed by atoms with Gasteiger partial charge in [0.2, 0.25) is 5.91 Å². The lowest BCUT2D eigenvalue weighted by Crippen LogP contribution is -2.63. The molecule has 7 nitrogen and oxygen atoms in total. The number of aromatic amines is 1. The summed E-state index contributed by atoms with van der Waals surface area (Å²) in [6, 6.07) is 12.4. The summed E-state index contributed by atoms with van der Waals surface area (Å²) in [6.45, 7) is 8.76. The van der Waals surface area contributed by atoms with Gasteiger partial charge in [-0.2, -0.15) is 5.10 Å². The quantitative estimate of drug-likeness (QED) is 0.507. The highest BCUT2D eigenvalue weighted by molar-refractivity contribution is 5.77. The zero-order valence-corrected chi connectivity index (χ0v) is 21.0. The first-order chi connectivity index (χ1) is 16.7. The third-order valence-corrected chi connectivity index (χ3v) is 7.84. The van der Waals surface area contributed by atoms with Crippen LogP contribution in [0.4, 0.5) is 0 Å². The SMILES string of the molecule is CC(C)c1ccc([C@](O)(c2cncc(-c3cc([C@@H]4CCNC(=O)C4)[nH]n3)c2)C2(C)CN(C)C2)cc1. The fourth-order valence-electron chi connectivity index (χ4n) is 5.87. The molecule has 2 aliphatic rings. The molecule has 1 aromatic carbocycles. The number of aromatic nitrogens is 3. The number of H-pyrrole nitrogens is 1. The van der Waals surface area contributed by atoms with Crippen molar-refractivity contribution in [2.45, 2.75) is 51.0 Å². The number of hydrogen-bond donors (Lipinski definition) is 3. The molecule has 5 rings (SSSR count). The number of nitrogens with one attached hydrogen (secondary N) is 2.